The van der Waals surface area contributed by atoms with Crippen molar-refractivity contribution in [3.63, 3.8) is 0 Å². The highest BCUT2D eigenvalue weighted by Gasteiger charge is 2.25. The highest BCUT2D eigenvalue weighted by atomic mass is 16.2. The van der Waals surface area contributed by atoms with Crippen molar-refractivity contribution in [3.05, 3.63) is 32.6 Å². The molecule has 0 aliphatic carbocycles. The number of amides is 1. The van der Waals surface area contributed by atoms with Gasteiger partial charge in [-0.1, -0.05) is 0 Å². The number of likely N-dealkylation sites (tertiary alicyclic amines) is 1. The highest BCUT2D eigenvalue weighted by molar-refractivity contribution is 5.78. The first-order chi connectivity index (χ1) is 10.9. The minimum atomic E-state index is -0.438. The molecule has 8 heteroatoms. The maximum absolute atomic E-state index is 12.0. The molecule has 1 amide bonds. The molecule has 0 spiro atoms. The third kappa shape index (κ3) is 4.52. The summed E-state index contributed by atoms with van der Waals surface area (Å²) in [6.45, 7) is 2.59. The number of rotatable bonds is 6. The van der Waals surface area contributed by atoms with E-state index in [-0.39, 0.29) is 11.5 Å². The van der Waals surface area contributed by atoms with E-state index >= 15 is 0 Å². The van der Waals surface area contributed by atoms with Gasteiger partial charge in [-0.05, 0) is 26.9 Å². The van der Waals surface area contributed by atoms with Gasteiger partial charge in [0.15, 0.2) is 0 Å². The smallest absolute Gasteiger partial charge is 0.328 e. The Morgan fingerprint density at radius 2 is 2.17 bits per heavy atom. The summed E-state index contributed by atoms with van der Waals surface area (Å²) in [7, 11) is 5.54. The Morgan fingerprint density at radius 3 is 2.83 bits per heavy atom. The van der Waals surface area contributed by atoms with Crippen LogP contribution in [0.1, 0.15) is 12.0 Å². The number of hydrogen-bond donors (Lipinski definition) is 2. The van der Waals surface area contributed by atoms with Gasteiger partial charge in [-0.25, -0.2) is 4.79 Å². The molecule has 1 aliphatic rings. The SMILES string of the molecule is CN(C)C1CCN(CC(=O)NCCc2c[nH]c(=O)n(C)c2=O)C1. The number of carbonyl (C=O) groups excluding carboxylic acids is 1. The molecule has 2 heterocycles. The van der Waals surface area contributed by atoms with E-state index in [2.05, 4.69) is 34.2 Å². The summed E-state index contributed by atoms with van der Waals surface area (Å²) in [5.74, 6) is -0.0364. The number of likely N-dealkylation sites (N-methyl/N-ethyl adjacent to an activating group) is 1. The van der Waals surface area contributed by atoms with Gasteiger partial charge in [0.2, 0.25) is 5.91 Å². The van der Waals surface area contributed by atoms with Crippen molar-refractivity contribution in [1.29, 1.82) is 0 Å². The largest absolute Gasteiger partial charge is 0.355 e. The van der Waals surface area contributed by atoms with Gasteiger partial charge in [0.25, 0.3) is 5.56 Å². The Balaban J connectivity index is 1.77. The second-order valence-electron chi connectivity index (χ2n) is 6.22. The Bertz CT molecular complexity index is 664. The summed E-state index contributed by atoms with van der Waals surface area (Å²) in [6, 6.07) is 0.506. The average molecular weight is 323 g/mol. The zero-order valence-electron chi connectivity index (χ0n) is 14.0. The van der Waals surface area contributed by atoms with Gasteiger partial charge in [0.1, 0.15) is 0 Å². The standard InChI is InChI=1S/C15H25N5O3/c1-18(2)12-5-7-20(9-12)10-13(21)16-6-4-11-8-17-15(23)19(3)14(11)22/h8,12H,4-7,9-10H2,1-3H3,(H,16,21)(H,17,23). The van der Waals surface area contributed by atoms with Gasteiger partial charge in [-0.2, -0.15) is 0 Å². The van der Waals surface area contributed by atoms with Gasteiger partial charge in [0, 0.05) is 44.5 Å². The predicted octanol–water partition coefficient (Wildman–Crippen LogP) is -1.63. The Kier molecular flexibility index (Phi) is 5.73. The number of aromatic amines is 1. The van der Waals surface area contributed by atoms with Crippen LogP contribution in [0.15, 0.2) is 15.8 Å². The van der Waals surface area contributed by atoms with Crippen LogP contribution in [0.3, 0.4) is 0 Å². The third-order valence-electron chi connectivity index (χ3n) is 4.32. The fourth-order valence-corrected chi connectivity index (χ4v) is 2.77. The molecule has 0 saturated carbocycles. The van der Waals surface area contributed by atoms with Crippen LogP contribution in [0, 0.1) is 0 Å². The zero-order valence-corrected chi connectivity index (χ0v) is 14.0. The maximum Gasteiger partial charge on any atom is 0.328 e. The number of nitrogens with zero attached hydrogens (tertiary/aromatic N) is 3. The van der Waals surface area contributed by atoms with Crippen LogP contribution >= 0.6 is 0 Å². The fraction of sp³-hybridized carbons (Fsp3) is 0.667. The molecule has 1 fully saturated rings. The summed E-state index contributed by atoms with van der Waals surface area (Å²) in [5, 5.41) is 2.83. The van der Waals surface area contributed by atoms with Crippen molar-refractivity contribution >= 4 is 5.91 Å². The number of nitrogens with one attached hydrogen (secondary N) is 2. The lowest BCUT2D eigenvalue weighted by Gasteiger charge is -2.20. The molecule has 0 bridgehead atoms. The van der Waals surface area contributed by atoms with Crippen LogP contribution in [-0.2, 0) is 18.3 Å². The molecular weight excluding hydrogens is 298 g/mol. The summed E-state index contributed by atoms with van der Waals surface area (Å²) in [4.78, 5) is 41.9. The monoisotopic (exact) mass is 323 g/mol. The van der Waals surface area contributed by atoms with Gasteiger partial charge >= 0.3 is 5.69 Å². The quantitative estimate of drug-likeness (QED) is 0.656. The minimum Gasteiger partial charge on any atom is -0.355 e. The molecule has 2 rings (SSSR count). The second-order valence-corrected chi connectivity index (χ2v) is 6.22. The summed E-state index contributed by atoms with van der Waals surface area (Å²) >= 11 is 0. The lowest BCUT2D eigenvalue weighted by atomic mass is 10.2. The van der Waals surface area contributed by atoms with Crippen molar-refractivity contribution in [3.8, 4) is 0 Å². The van der Waals surface area contributed by atoms with Crippen molar-refractivity contribution in [2.24, 2.45) is 7.05 Å². The highest BCUT2D eigenvalue weighted by Crippen LogP contribution is 2.12. The number of hydrogen-bond acceptors (Lipinski definition) is 5. The first-order valence-electron chi connectivity index (χ1n) is 7.81. The second kappa shape index (κ2) is 7.56. The Morgan fingerprint density at radius 1 is 1.43 bits per heavy atom. The lowest BCUT2D eigenvalue weighted by Crippen LogP contribution is -2.39. The van der Waals surface area contributed by atoms with Crippen molar-refractivity contribution in [2.75, 3.05) is 40.3 Å². The van der Waals surface area contributed by atoms with E-state index in [0.29, 0.717) is 31.1 Å². The summed E-state index contributed by atoms with van der Waals surface area (Å²) in [5.41, 5.74) is -0.273. The molecule has 1 atom stereocenters. The molecule has 2 N–H and O–H groups in total. The van der Waals surface area contributed by atoms with E-state index in [1.165, 1.54) is 13.2 Å². The molecule has 1 aromatic heterocycles. The molecule has 8 nitrogen and oxygen atoms in total. The first kappa shape index (κ1) is 17.4. The first-order valence-corrected chi connectivity index (χ1v) is 7.81. The molecule has 1 saturated heterocycles. The summed E-state index contributed by atoms with van der Waals surface area (Å²) < 4.78 is 1.03. The molecule has 1 unspecified atom stereocenters. The van der Waals surface area contributed by atoms with Crippen LogP contribution < -0.4 is 16.6 Å². The number of H-pyrrole nitrogens is 1. The zero-order chi connectivity index (χ0) is 17.0. The van der Waals surface area contributed by atoms with Crippen LogP contribution in [0.2, 0.25) is 0 Å². The molecule has 128 valence electrons. The van der Waals surface area contributed by atoms with E-state index in [1.807, 2.05) is 0 Å². The Labute approximate surface area is 135 Å². The molecule has 0 aromatic carbocycles. The van der Waals surface area contributed by atoms with Gasteiger partial charge in [-0.3, -0.25) is 19.1 Å². The van der Waals surface area contributed by atoms with Crippen LogP contribution in [0.25, 0.3) is 0 Å². The van der Waals surface area contributed by atoms with Gasteiger partial charge in [0.05, 0.1) is 6.54 Å². The predicted molar refractivity (Wildman–Crippen MR) is 87.5 cm³/mol. The van der Waals surface area contributed by atoms with E-state index in [4.69, 9.17) is 0 Å². The number of aromatic nitrogens is 2. The molecule has 1 aromatic rings. The average Bonchev–Trinajstić information content (AvgIpc) is 2.96. The topological polar surface area (TPSA) is 90.4 Å². The van der Waals surface area contributed by atoms with E-state index < -0.39 is 5.69 Å². The lowest BCUT2D eigenvalue weighted by molar-refractivity contribution is -0.122. The molecule has 1 aliphatic heterocycles. The van der Waals surface area contributed by atoms with Crippen LogP contribution in [0.5, 0.6) is 0 Å². The van der Waals surface area contributed by atoms with Crippen molar-refractivity contribution in [1.82, 2.24) is 24.7 Å². The van der Waals surface area contributed by atoms with Crippen molar-refractivity contribution < 1.29 is 4.79 Å². The van der Waals surface area contributed by atoms with E-state index in [1.54, 1.807) is 0 Å². The van der Waals surface area contributed by atoms with Gasteiger partial charge in [-0.15, -0.1) is 0 Å². The van der Waals surface area contributed by atoms with E-state index in [9.17, 15) is 14.4 Å². The number of carbonyl (C=O) groups is 1. The van der Waals surface area contributed by atoms with Crippen molar-refractivity contribution in [2.45, 2.75) is 18.9 Å². The van der Waals surface area contributed by atoms with E-state index in [0.717, 1.165) is 24.1 Å². The minimum absolute atomic E-state index is 0.0364. The van der Waals surface area contributed by atoms with Gasteiger partial charge < -0.3 is 15.2 Å². The molecule has 0 radical (unpaired) electrons. The summed E-state index contributed by atoms with van der Waals surface area (Å²) in [6.07, 6.45) is 2.89. The molecule has 23 heavy (non-hydrogen) atoms. The Hall–Kier alpha value is -1.93. The third-order valence-corrected chi connectivity index (χ3v) is 4.32. The fourth-order valence-electron chi connectivity index (χ4n) is 2.77. The normalized spacial score (nSPS) is 18.5. The van der Waals surface area contributed by atoms with Crippen LogP contribution in [-0.4, -0.2) is 71.6 Å². The van der Waals surface area contributed by atoms with Crippen LogP contribution in [0.4, 0.5) is 0 Å². The maximum atomic E-state index is 12.0. The molecular formula is C15H25N5O3.